The predicted octanol–water partition coefficient (Wildman–Crippen LogP) is 3.89. The molecule has 5 nitrogen and oxygen atoms in total. The molecule has 128 valence electrons. The van der Waals surface area contributed by atoms with E-state index in [2.05, 4.69) is 15.7 Å². The van der Waals surface area contributed by atoms with Crippen LogP contribution in [0.25, 0.3) is 0 Å². The Balaban J connectivity index is 1.61. The van der Waals surface area contributed by atoms with E-state index in [1.807, 2.05) is 24.3 Å². The maximum Gasteiger partial charge on any atom is 0.176 e. The van der Waals surface area contributed by atoms with Crippen molar-refractivity contribution in [2.24, 2.45) is 0 Å². The Kier molecular flexibility index (Phi) is 5.25. The molecule has 2 aromatic carbocycles. The SMILES string of the molecule is COc1cccc(NC(=S)Nc2ccn(Cc3ccccc3F)n2)c1. The summed E-state index contributed by atoms with van der Waals surface area (Å²) in [5, 5.41) is 10.8. The molecular weight excluding hydrogens is 339 g/mol. The Morgan fingerprint density at radius 2 is 2.00 bits per heavy atom. The van der Waals surface area contributed by atoms with Gasteiger partial charge in [0.2, 0.25) is 0 Å². The molecule has 0 spiro atoms. The summed E-state index contributed by atoms with van der Waals surface area (Å²) >= 11 is 5.29. The van der Waals surface area contributed by atoms with E-state index >= 15 is 0 Å². The van der Waals surface area contributed by atoms with Gasteiger partial charge < -0.3 is 15.4 Å². The van der Waals surface area contributed by atoms with Crippen LogP contribution in [0.4, 0.5) is 15.9 Å². The molecule has 0 fully saturated rings. The minimum atomic E-state index is -0.247. The number of hydrogen-bond donors (Lipinski definition) is 2. The molecule has 1 heterocycles. The lowest BCUT2D eigenvalue weighted by atomic mass is 10.2. The third-order valence-corrected chi connectivity index (χ3v) is 3.70. The van der Waals surface area contributed by atoms with Crippen LogP contribution in [0, 0.1) is 5.82 Å². The number of aromatic nitrogens is 2. The maximum absolute atomic E-state index is 13.7. The number of benzene rings is 2. The van der Waals surface area contributed by atoms with Crippen molar-refractivity contribution in [2.45, 2.75) is 6.54 Å². The molecule has 0 unspecified atom stereocenters. The third kappa shape index (κ3) is 4.54. The molecule has 0 atom stereocenters. The average Bonchev–Trinajstić information content (AvgIpc) is 3.04. The van der Waals surface area contributed by atoms with E-state index in [4.69, 9.17) is 17.0 Å². The van der Waals surface area contributed by atoms with Gasteiger partial charge in [0.15, 0.2) is 10.9 Å². The van der Waals surface area contributed by atoms with Crippen LogP contribution in [0.1, 0.15) is 5.56 Å². The monoisotopic (exact) mass is 356 g/mol. The topological polar surface area (TPSA) is 51.1 Å². The molecule has 0 saturated carbocycles. The third-order valence-electron chi connectivity index (χ3n) is 3.50. The Morgan fingerprint density at radius 1 is 1.16 bits per heavy atom. The number of halogens is 1. The molecule has 25 heavy (non-hydrogen) atoms. The highest BCUT2D eigenvalue weighted by Gasteiger charge is 2.06. The minimum Gasteiger partial charge on any atom is -0.497 e. The average molecular weight is 356 g/mol. The van der Waals surface area contributed by atoms with Crippen molar-refractivity contribution in [1.82, 2.24) is 9.78 Å². The van der Waals surface area contributed by atoms with Gasteiger partial charge in [-0.2, -0.15) is 5.10 Å². The molecule has 1 aromatic heterocycles. The first-order chi connectivity index (χ1) is 12.1. The summed E-state index contributed by atoms with van der Waals surface area (Å²) in [4.78, 5) is 0. The Labute approximate surface area is 150 Å². The van der Waals surface area contributed by atoms with Crippen molar-refractivity contribution in [1.29, 1.82) is 0 Å². The number of thiocarbonyl (C=S) groups is 1. The zero-order chi connectivity index (χ0) is 17.6. The number of hydrogen-bond acceptors (Lipinski definition) is 3. The molecule has 0 bridgehead atoms. The summed E-state index contributed by atoms with van der Waals surface area (Å²) in [7, 11) is 1.61. The van der Waals surface area contributed by atoms with E-state index in [-0.39, 0.29) is 5.82 Å². The summed E-state index contributed by atoms with van der Waals surface area (Å²) in [6.45, 7) is 0.352. The van der Waals surface area contributed by atoms with Crippen LogP contribution in [-0.4, -0.2) is 22.0 Å². The predicted molar refractivity (Wildman–Crippen MR) is 101 cm³/mol. The molecule has 0 aliphatic rings. The zero-order valence-corrected chi connectivity index (χ0v) is 14.4. The summed E-state index contributed by atoms with van der Waals surface area (Å²) in [6, 6.07) is 15.9. The normalized spacial score (nSPS) is 10.3. The van der Waals surface area contributed by atoms with Gasteiger partial charge in [0.1, 0.15) is 11.6 Å². The van der Waals surface area contributed by atoms with Gasteiger partial charge >= 0.3 is 0 Å². The van der Waals surface area contributed by atoms with Crippen molar-refractivity contribution < 1.29 is 9.13 Å². The summed E-state index contributed by atoms with van der Waals surface area (Å²) in [5.41, 5.74) is 1.39. The van der Waals surface area contributed by atoms with E-state index in [9.17, 15) is 4.39 Å². The molecule has 2 N–H and O–H groups in total. The fraction of sp³-hybridized carbons (Fsp3) is 0.111. The lowest BCUT2D eigenvalue weighted by Gasteiger charge is -2.09. The molecular formula is C18H17FN4OS. The fourth-order valence-corrected chi connectivity index (χ4v) is 2.52. The second kappa shape index (κ2) is 7.76. The summed E-state index contributed by atoms with van der Waals surface area (Å²) in [5.74, 6) is 1.07. The second-order valence-corrected chi connectivity index (χ2v) is 5.71. The number of ether oxygens (including phenoxy) is 1. The van der Waals surface area contributed by atoms with Crippen LogP contribution < -0.4 is 15.4 Å². The van der Waals surface area contributed by atoms with Gasteiger partial charge in [0.05, 0.1) is 13.7 Å². The fourth-order valence-electron chi connectivity index (χ4n) is 2.30. The maximum atomic E-state index is 13.7. The van der Waals surface area contributed by atoms with Crippen molar-refractivity contribution in [3.8, 4) is 5.75 Å². The van der Waals surface area contributed by atoms with Crippen molar-refractivity contribution in [2.75, 3.05) is 17.7 Å². The number of methoxy groups -OCH3 is 1. The van der Waals surface area contributed by atoms with Gasteiger partial charge in [-0.05, 0) is 30.4 Å². The molecule has 0 aliphatic carbocycles. The zero-order valence-electron chi connectivity index (χ0n) is 13.6. The van der Waals surface area contributed by atoms with E-state index in [0.717, 1.165) is 11.4 Å². The van der Waals surface area contributed by atoms with Gasteiger partial charge in [-0.25, -0.2) is 4.39 Å². The summed E-state index contributed by atoms with van der Waals surface area (Å²) < 4.78 is 20.5. The van der Waals surface area contributed by atoms with Gasteiger partial charge in [0, 0.05) is 29.6 Å². The molecule has 0 saturated heterocycles. The van der Waals surface area contributed by atoms with Gasteiger partial charge in [-0.15, -0.1) is 0 Å². The Bertz CT molecular complexity index is 881. The lowest BCUT2D eigenvalue weighted by molar-refractivity contribution is 0.415. The van der Waals surface area contributed by atoms with Crippen molar-refractivity contribution in [3.63, 3.8) is 0 Å². The van der Waals surface area contributed by atoms with Crippen LogP contribution in [0.5, 0.6) is 5.75 Å². The molecule has 0 amide bonds. The van der Waals surface area contributed by atoms with Crippen LogP contribution >= 0.6 is 12.2 Å². The summed E-state index contributed by atoms with van der Waals surface area (Å²) in [6.07, 6.45) is 1.77. The Hall–Kier alpha value is -2.93. The van der Waals surface area contributed by atoms with Crippen molar-refractivity contribution in [3.05, 3.63) is 72.2 Å². The lowest BCUT2D eigenvalue weighted by Crippen LogP contribution is -2.19. The molecule has 0 aliphatic heterocycles. The number of rotatable bonds is 5. The van der Waals surface area contributed by atoms with Crippen LogP contribution in [-0.2, 0) is 6.54 Å². The molecule has 7 heteroatoms. The van der Waals surface area contributed by atoms with Crippen LogP contribution in [0.15, 0.2) is 60.8 Å². The highest BCUT2D eigenvalue weighted by Crippen LogP contribution is 2.17. The Morgan fingerprint density at radius 3 is 2.80 bits per heavy atom. The van der Waals surface area contributed by atoms with E-state index < -0.39 is 0 Å². The number of anilines is 2. The van der Waals surface area contributed by atoms with Gasteiger partial charge in [0.25, 0.3) is 0 Å². The number of nitrogens with one attached hydrogen (secondary N) is 2. The quantitative estimate of drug-likeness (QED) is 0.680. The molecule has 0 radical (unpaired) electrons. The molecule has 3 rings (SSSR count). The van der Waals surface area contributed by atoms with Gasteiger partial charge in [-0.1, -0.05) is 24.3 Å². The second-order valence-electron chi connectivity index (χ2n) is 5.30. The first-order valence-electron chi connectivity index (χ1n) is 7.63. The first-order valence-corrected chi connectivity index (χ1v) is 8.04. The van der Waals surface area contributed by atoms with Crippen molar-refractivity contribution >= 4 is 28.8 Å². The minimum absolute atomic E-state index is 0.247. The number of nitrogens with zero attached hydrogens (tertiary/aromatic N) is 2. The smallest absolute Gasteiger partial charge is 0.176 e. The largest absolute Gasteiger partial charge is 0.497 e. The van der Waals surface area contributed by atoms with Crippen LogP contribution in [0.2, 0.25) is 0 Å². The van der Waals surface area contributed by atoms with E-state index in [0.29, 0.717) is 23.0 Å². The van der Waals surface area contributed by atoms with E-state index in [1.165, 1.54) is 6.07 Å². The first kappa shape index (κ1) is 16.9. The standard InChI is InChI=1S/C18H17FN4OS/c1-24-15-7-4-6-14(11-15)20-18(25)21-17-9-10-23(22-17)12-13-5-2-3-8-16(13)19/h2-11H,12H2,1H3,(H2,20,21,22,25). The molecule has 3 aromatic rings. The van der Waals surface area contributed by atoms with E-state index in [1.54, 1.807) is 42.3 Å². The highest BCUT2D eigenvalue weighted by molar-refractivity contribution is 7.80. The van der Waals surface area contributed by atoms with Gasteiger partial charge in [-0.3, -0.25) is 4.68 Å². The highest BCUT2D eigenvalue weighted by atomic mass is 32.1. The van der Waals surface area contributed by atoms with Crippen LogP contribution in [0.3, 0.4) is 0 Å².